The van der Waals surface area contributed by atoms with E-state index >= 15 is 0 Å². The fourth-order valence-electron chi connectivity index (χ4n) is 4.74. The molecule has 1 aromatic carbocycles. The van der Waals surface area contributed by atoms with Gasteiger partial charge in [-0.25, -0.2) is 4.39 Å². The first-order chi connectivity index (χ1) is 9.56. The molecule has 1 aliphatic carbocycles. The molecule has 0 atom stereocenters. The van der Waals surface area contributed by atoms with Crippen LogP contribution in [-0.2, 0) is 6.42 Å². The third-order valence-corrected chi connectivity index (χ3v) is 4.42. The molecule has 0 spiro atoms. The van der Waals surface area contributed by atoms with Crippen molar-refractivity contribution in [3.63, 3.8) is 0 Å². The van der Waals surface area contributed by atoms with Gasteiger partial charge in [-0.15, -0.1) is 0 Å². The highest BCUT2D eigenvalue weighted by Gasteiger charge is 2.45. The molecule has 0 aliphatic heterocycles. The highest BCUT2D eigenvalue weighted by Crippen LogP contribution is 2.50. The molecule has 1 saturated carbocycles. The molecule has 0 radical (unpaired) electrons. The predicted octanol–water partition coefficient (Wildman–Crippen LogP) is 4.31. The molecule has 0 amide bonds. The molecular formula is C18H28FNO. The lowest BCUT2D eigenvalue weighted by atomic mass is 9.57. The lowest BCUT2D eigenvalue weighted by Gasteiger charge is -2.50. The Kier molecular flexibility index (Phi) is 4.09. The summed E-state index contributed by atoms with van der Waals surface area (Å²) in [5, 5.41) is 0. The van der Waals surface area contributed by atoms with Crippen molar-refractivity contribution in [2.45, 2.75) is 58.9 Å². The highest BCUT2D eigenvalue weighted by molar-refractivity contribution is 5.32. The van der Waals surface area contributed by atoms with Gasteiger partial charge in [0.1, 0.15) is 0 Å². The first-order valence-corrected chi connectivity index (χ1v) is 7.66. The van der Waals surface area contributed by atoms with E-state index in [0.717, 1.165) is 19.3 Å². The van der Waals surface area contributed by atoms with Gasteiger partial charge >= 0.3 is 0 Å². The van der Waals surface area contributed by atoms with E-state index in [0.29, 0.717) is 17.7 Å². The van der Waals surface area contributed by atoms with E-state index in [1.54, 1.807) is 6.07 Å². The van der Waals surface area contributed by atoms with Gasteiger partial charge in [0.25, 0.3) is 0 Å². The molecule has 1 aromatic rings. The largest absolute Gasteiger partial charge is 0.494 e. The summed E-state index contributed by atoms with van der Waals surface area (Å²) in [4.78, 5) is 0. The van der Waals surface area contributed by atoms with Gasteiger partial charge in [-0.05, 0) is 48.1 Å². The lowest BCUT2D eigenvalue weighted by molar-refractivity contribution is 0.0483. The van der Waals surface area contributed by atoms with E-state index in [1.165, 1.54) is 7.11 Å². The molecule has 118 valence electrons. The Bertz CT molecular complexity index is 506. The van der Waals surface area contributed by atoms with Gasteiger partial charge in [0.05, 0.1) is 7.11 Å². The maximum Gasteiger partial charge on any atom is 0.168 e. The van der Waals surface area contributed by atoms with E-state index in [1.807, 2.05) is 12.1 Å². The summed E-state index contributed by atoms with van der Waals surface area (Å²) in [6, 6.07) is 5.30. The number of methoxy groups -OCH3 is 1. The molecule has 0 saturated heterocycles. The molecule has 1 aliphatic rings. The third-order valence-electron chi connectivity index (χ3n) is 4.42. The molecule has 2 nitrogen and oxygen atoms in total. The van der Waals surface area contributed by atoms with Crippen LogP contribution in [0, 0.1) is 16.6 Å². The van der Waals surface area contributed by atoms with Crippen LogP contribution in [0.1, 0.15) is 52.5 Å². The fourth-order valence-corrected chi connectivity index (χ4v) is 4.74. The van der Waals surface area contributed by atoms with Crippen molar-refractivity contribution in [3.8, 4) is 5.75 Å². The Morgan fingerprint density at radius 3 is 2.19 bits per heavy atom. The normalized spacial score (nSPS) is 22.8. The lowest BCUT2D eigenvalue weighted by Crippen LogP contribution is -2.53. The minimum Gasteiger partial charge on any atom is -0.494 e. The van der Waals surface area contributed by atoms with Crippen LogP contribution >= 0.6 is 0 Å². The van der Waals surface area contributed by atoms with Crippen LogP contribution in [0.2, 0.25) is 0 Å². The molecule has 1 fully saturated rings. The zero-order valence-corrected chi connectivity index (χ0v) is 13.9. The minimum absolute atomic E-state index is 0.186. The van der Waals surface area contributed by atoms with E-state index in [-0.39, 0.29) is 22.2 Å². The summed E-state index contributed by atoms with van der Waals surface area (Å²) in [5.41, 5.74) is 7.36. The van der Waals surface area contributed by atoms with Crippen LogP contribution in [0.5, 0.6) is 5.75 Å². The fraction of sp³-hybridized carbons (Fsp3) is 0.667. The van der Waals surface area contributed by atoms with Crippen LogP contribution in [-0.4, -0.2) is 12.6 Å². The van der Waals surface area contributed by atoms with Gasteiger partial charge in [0.15, 0.2) is 11.6 Å². The molecular weight excluding hydrogens is 265 g/mol. The summed E-state index contributed by atoms with van der Waals surface area (Å²) < 4.78 is 19.5. The van der Waals surface area contributed by atoms with Gasteiger partial charge in [-0.2, -0.15) is 0 Å². The molecule has 2 N–H and O–H groups in total. The Labute approximate surface area is 127 Å². The molecule has 21 heavy (non-hydrogen) atoms. The number of nitrogens with two attached hydrogens (primary N) is 1. The van der Waals surface area contributed by atoms with Crippen LogP contribution in [0.25, 0.3) is 0 Å². The smallest absolute Gasteiger partial charge is 0.168 e. The monoisotopic (exact) mass is 293 g/mol. The SMILES string of the molecule is COc1cccc(CC2(N)CC(C)(C)CC(C)(C)C2)c1F. The molecule has 0 unspecified atom stereocenters. The second-order valence-electron chi connectivity index (χ2n) is 8.33. The summed E-state index contributed by atoms with van der Waals surface area (Å²) in [6.07, 6.45) is 3.54. The first-order valence-electron chi connectivity index (χ1n) is 7.66. The van der Waals surface area contributed by atoms with Gasteiger partial charge in [0, 0.05) is 5.54 Å². The second kappa shape index (κ2) is 5.28. The van der Waals surface area contributed by atoms with E-state index in [9.17, 15) is 4.39 Å². The van der Waals surface area contributed by atoms with Crippen LogP contribution < -0.4 is 10.5 Å². The van der Waals surface area contributed by atoms with Crippen molar-refractivity contribution < 1.29 is 9.13 Å². The molecule has 0 aromatic heterocycles. The van der Waals surface area contributed by atoms with Crippen molar-refractivity contribution in [3.05, 3.63) is 29.6 Å². The summed E-state index contributed by atoms with van der Waals surface area (Å²) in [5.74, 6) is 0.0245. The van der Waals surface area contributed by atoms with E-state index in [2.05, 4.69) is 27.7 Å². The summed E-state index contributed by atoms with van der Waals surface area (Å²) >= 11 is 0. The standard InChI is InChI=1S/C18H28FNO/c1-16(2)10-17(3,4)12-18(20,11-16)9-13-7-6-8-14(21-5)15(13)19/h6-8H,9-12,20H2,1-5H3. The number of hydrogen-bond donors (Lipinski definition) is 1. The average Bonchev–Trinajstić information content (AvgIpc) is 2.26. The zero-order valence-electron chi connectivity index (χ0n) is 13.9. The number of halogens is 1. The van der Waals surface area contributed by atoms with Crippen molar-refractivity contribution in [1.82, 2.24) is 0 Å². The van der Waals surface area contributed by atoms with E-state index < -0.39 is 0 Å². The van der Waals surface area contributed by atoms with Crippen molar-refractivity contribution in [2.24, 2.45) is 16.6 Å². The maximum absolute atomic E-state index is 14.4. The first kappa shape index (κ1) is 16.3. The van der Waals surface area contributed by atoms with Crippen molar-refractivity contribution >= 4 is 0 Å². The average molecular weight is 293 g/mol. The number of rotatable bonds is 3. The topological polar surface area (TPSA) is 35.2 Å². The maximum atomic E-state index is 14.4. The highest BCUT2D eigenvalue weighted by atomic mass is 19.1. The molecule has 2 rings (SSSR count). The molecule has 0 heterocycles. The van der Waals surface area contributed by atoms with Crippen molar-refractivity contribution in [1.29, 1.82) is 0 Å². The van der Waals surface area contributed by atoms with Crippen LogP contribution in [0.3, 0.4) is 0 Å². The van der Waals surface area contributed by atoms with Gasteiger partial charge < -0.3 is 10.5 Å². The Morgan fingerprint density at radius 1 is 1.10 bits per heavy atom. The Hall–Kier alpha value is -1.09. The summed E-state index contributed by atoms with van der Waals surface area (Å²) in [7, 11) is 1.49. The second-order valence-corrected chi connectivity index (χ2v) is 8.33. The number of hydrogen-bond acceptors (Lipinski definition) is 2. The Balaban J connectivity index is 2.29. The molecule has 3 heteroatoms. The number of ether oxygens (including phenoxy) is 1. The quantitative estimate of drug-likeness (QED) is 0.901. The predicted molar refractivity (Wildman–Crippen MR) is 85.0 cm³/mol. The van der Waals surface area contributed by atoms with Crippen molar-refractivity contribution in [2.75, 3.05) is 7.11 Å². The molecule has 0 bridgehead atoms. The Morgan fingerprint density at radius 2 is 1.67 bits per heavy atom. The summed E-state index contributed by atoms with van der Waals surface area (Å²) in [6.45, 7) is 9.05. The van der Waals surface area contributed by atoms with E-state index in [4.69, 9.17) is 10.5 Å². The third kappa shape index (κ3) is 3.76. The minimum atomic E-state index is -0.363. The zero-order chi connectivity index (χ0) is 15.9. The van der Waals surface area contributed by atoms with Gasteiger partial charge in [-0.3, -0.25) is 0 Å². The van der Waals surface area contributed by atoms with Crippen LogP contribution in [0.15, 0.2) is 18.2 Å². The number of benzene rings is 1. The van der Waals surface area contributed by atoms with Gasteiger partial charge in [-0.1, -0.05) is 39.8 Å². The van der Waals surface area contributed by atoms with Crippen LogP contribution in [0.4, 0.5) is 4.39 Å². The van der Waals surface area contributed by atoms with Gasteiger partial charge in [0.2, 0.25) is 0 Å².